The van der Waals surface area contributed by atoms with Gasteiger partial charge in [0.2, 0.25) is 5.91 Å². The normalized spacial score (nSPS) is 21.2. The second kappa shape index (κ2) is 20.0. The molecule has 7 N–H and O–H groups in total. The molecule has 2 aromatic carbocycles. The lowest BCUT2D eigenvalue weighted by Gasteiger charge is -2.42. The van der Waals surface area contributed by atoms with Crippen molar-refractivity contribution >= 4 is 23.2 Å². The van der Waals surface area contributed by atoms with Crippen molar-refractivity contribution in [3.05, 3.63) is 96.4 Å². The first kappa shape index (κ1) is 46.3. The van der Waals surface area contributed by atoms with Crippen molar-refractivity contribution in [1.82, 2.24) is 40.5 Å². The lowest BCUT2D eigenvalue weighted by atomic mass is 9.85. The number of ether oxygens (including phenoxy) is 2. The molecule has 7 rings (SSSR count). The van der Waals surface area contributed by atoms with Crippen molar-refractivity contribution in [3.63, 3.8) is 0 Å². The third kappa shape index (κ3) is 10.8. The molecule has 17 heteroatoms. The van der Waals surface area contributed by atoms with Gasteiger partial charge in [0.15, 0.2) is 0 Å². The second-order valence-corrected chi connectivity index (χ2v) is 18.0. The van der Waals surface area contributed by atoms with Crippen molar-refractivity contribution in [2.75, 3.05) is 37.0 Å². The molecule has 0 spiro atoms. The van der Waals surface area contributed by atoms with Gasteiger partial charge in [0.25, 0.3) is 5.91 Å². The van der Waals surface area contributed by atoms with Crippen LogP contribution in [0.25, 0.3) is 22.6 Å². The average Bonchev–Trinajstić information content (AvgIpc) is 4.07. The molecular formula is C47H62N10O7. The summed E-state index contributed by atoms with van der Waals surface area (Å²) in [5.41, 5.74) is 5.40. The minimum absolute atomic E-state index is 0.0675. The third-order valence-corrected chi connectivity index (χ3v) is 12.4. The Kier molecular flexibility index (Phi) is 14.5. The molecule has 2 saturated heterocycles. The zero-order valence-corrected chi connectivity index (χ0v) is 37.6. The van der Waals surface area contributed by atoms with Crippen LogP contribution in [-0.2, 0) is 16.6 Å². The van der Waals surface area contributed by atoms with Gasteiger partial charge in [-0.1, -0.05) is 51.1 Å². The Bertz CT molecular complexity index is 2330. The molecule has 8 atom stereocenters. The first-order valence-corrected chi connectivity index (χ1v) is 21.9. The first-order chi connectivity index (χ1) is 30.6. The van der Waals surface area contributed by atoms with Crippen molar-refractivity contribution in [1.29, 1.82) is 0 Å². The Balaban J connectivity index is 0.911. The number of carbonyl (C=O) groups is 2. The van der Waals surface area contributed by atoms with Crippen LogP contribution in [0.15, 0.2) is 85.2 Å². The van der Waals surface area contributed by atoms with E-state index in [-0.39, 0.29) is 55.3 Å². The number of aryl methyl sites for hydroxylation is 1. The lowest BCUT2D eigenvalue weighted by molar-refractivity contribution is -0.135. The van der Waals surface area contributed by atoms with Gasteiger partial charge >= 0.3 is 0 Å². The van der Waals surface area contributed by atoms with Gasteiger partial charge in [-0.25, -0.2) is 4.98 Å². The highest BCUT2D eigenvalue weighted by Crippen LogP contribution is 2.35. The van der Waals surface area contributed by atoms with Gasteiger partial charge in [-0.3, -0.25) is 29.6 Å². The maximum absolute atomic E-state index is 13.5. The Morgan fingerprint density at radius 3 is 2.47 bits per heavy atom. The summed E-state index contributed by atoms with van der Waals surface area (Å²) in [6, 6.07) is 21.1. The Labute approximate surface area is 374 Å². The molecule has 0 saturated carbocycles. The number of benzene rings is 2. The molecule has 5 heterocycles. The predicted octanol–water partition coefficient (Wildman–Crippen LogP) is 4.46. The van der Waals surface area contributed by atoms with Crippen LogP contribution >= 0.6 is 0 Å². The van der Waals surface area contributed by atoms with E-state index in [1.54, 1.807) is 48.7 Å². The number of nitrogens with one attached hydrogen (secondary N) is 4. The molecule has 2 aliphatic rings. The number of aliphatic hydroxyl groups excluding tert-OH is 3. The monoisotopic (exact) mass is 878 g/mol. The Hall–Kier alpha value is -5.69. The fourth-order valence-electron chi connectivity index (χ4n) is 8.81. The molecule has 2 amide bonds. The largest absolute Gasteiger partial charge is 0.494 e. The van der Waals surface area contributed by atoms with Gasteiger partial charge in [0.05, 0.1) is 54.2 Å². The second-order valence-electron chi connectivity index (χ2n) is 18.0. The van der Waals surface area contributed by atoms with E-state index in [0.717, 1.165) is 22.5 Å². The fourth-order valence-corrected chi connectivity index (χ4v) is 8.81. The van der Waals surface area contributed by atoms with Crippen LogP contribution in [0.3, 0.4) is 0 Å². The van der Waals surface area contributed by atoms with Crippen LogP contribution < -0.4 is 25.6 Å². The molecule has 64 heavy (non-hydrogen) atoms. The van der Waals surface area contributed by atoms with Crippen LogP contribution in [-0.4, -0.2) is 127 Å². The summed E-state index contributed by atoms with van der Waals surface area (Å²) in [4.78, 5) is 35.1. The van der Waals surface area contributed by atoms with E-state index in [2.05, 4.69) is 48.1 Å². The highest BCUT2D eigenvalue weighted by Gasteiger charge is 2.45. The number of piperidine rings is 1. The number of likely N-dealkylation sites (tertiary alicyclic amines) is 1. The maximum Gasteiger partial charge on any atom is 0.274 e. The molecule has 342 valence electrons. The van der Waals surface area contributed by atoms with Crippen molar-refractivity contribution in [2.24, 2.45) is 12.5 Å². The number of carbonyl (C=O) groups excluding carboxylic acids is 2. The number of methoxy groups -OCH3 is 1. The molecule has 5 aromatic rings. The average molecular weight is 879 g/mol. The number of hydrogen-bond donors (Lipinski definition) is 7. The number of rotatable bonds is 16. The van der Waals surface area contributed by atoms with Gasteiger partial charge < -0.3 is 40.3 Å². The third-order valence-electron chi connectivity index (χ3n) is 12.4. The number of β-amino-alcohol motifs (C(OH)–C–C–N with tert-alkyl or cyclic N) is 1. The van der Waals surface area contributed by atoms with Gasteiger partial charge in [-0.05, 0) is 86.1 Å². The molecule has 2 fully saturated rings. The van der Waals surface area contributed by atoms with Gasteiger partial charge in [-0.2, -0.15) is 10.2 Å². The summed E-state index contributed by atoms with van der Waals surface area (Å²) in [5.74, 6) is -0.230. The minimum Gasteiger partial charge on any atom is -0.494 e. The summed E-state index contributed by atoms with van der Waals surface area (Å²) in [6.07, 6.45) is 1.75. The Morgan fingerprint density at radius 2 is 1.80 bits per heavy atom. The summed E-state index contributed by atoms with van der Waals surface area (Å²) >= 11 is 0. The van der Waals surface area contributed by atoms with Gasteiger partial charge in [0.1, 0.15) is 30.5 Å². The van der Waals surface area contributed by atoms with E-state index in [1.165, 1.54) is 0 Å². The minimum atomic E-state index is -1.20. The highest BCUT2D eigenvalue weighted by atomic mass is 16.5. The lowest BCUT2D eigenvalue weighted by Crippen LogP contribution is -2.61. The number of H-pyrrole nitrogens is 1. The highest BCUT2D eigenvalue weighted by molar-refractivity contribution is 6.04. The van der Waals surface area contributed by atoms with Crippen molar-refractivity contribution in [2.45, 2.75) is 103 Å². The molecular weight excluding hydrogens is 817 g/mol. The molecule has 2 aliphatic heterocycles. The summed E-state index contributed by atoms with van der Waals surface area (Å²) in [7, 11) is 3.45. The molecule has 0 radical (unpaired) electrons. The van der Waals surface area contributed by atoms with E-state index >= 15 is 0 Å². The van der Waals surface area contributed by atoms with Crippen LogP contribution in [0, 0.1) is 5.41 Å². The SMILES string of the molecule is COc1cc(N2CC[C@H](OCC(=O)N[C@H](C(O)N3C[C@H](O)C[C@H]3C(O)N[C@@H](C)c3ccc(-c4ccnn4C)cc3)C(C)(C)C)C[C@@H]2C)ccc1NC(=O)c1cccc(-c2ccn[nH]2)n1. The first-order valence-electron chi connectivity index (χ1n) is 21.9. The molecule has 2 unspecified atom stereocenters. The molecule has 0 bridgehead atoms. The standard InChI is InChI=1S/C47H62N10O7/c1-28-23-34(19-22-56(28)32-15-16-37(41(24-32)63-7)52-44(60)38-10-8-9-35(51-38)36-17-20-48-54-36)64-27-42(59)53-43(47(3,4)5)46(62)57-26-33(58)25-40(57)45(61)50-29(2)30-11-13-31(14-12-30)39-18-21-49-55(39)6/h8-18,20-21,24,28-29,33-34,40,43,45-46,50,58,61-62H,19,22-23,25-27H2,1-7H3,(H,48,54)(H,52,60)(H,53,59)/t28-,29-,33+,34-,40-,43+,45?,46?/m0/s1. The van der Waals surface area contributed by atoms with Crippen molar-refractivity contribution < 1.29 is 34.4 Å². The summed E-state index contributed by atoms with van der Waals surface area (Å²) in [5, 5.41) is 54.4. The van der Waals surface area contributed by atoms with Crippen LogP contribution in [0.4, 0.5) is 11.4 Å². The van der Waals surface area contributed by atoms with E-state index in [9.17, 15) is 24.9 Å². The van der Waals surface area contributed by atoms with E-state index in [4.69, 9.17) is 9.47 Å². The smallest absolute Gasteiger partial charge is 0.274 e. The molecule has 3 aromatic heterocycles. The quantitative estimate of drug-likeness (QED) is 0.0683. The van der Waals surface area contributed by atoms with E-state index < -0.39 is 36.1 Å². The van der Waals surface area contributed by atoms with E-state index in [1.807, 2.05) is 88.0 Å². The van der Waals surface area contributed by atoms with Gasteiger partial charge in [0, 0.05) is 56.4 Å². The number of aliphatic hydroxyl groups is 3. The number of aromatic nitrogens is 5. The van der Waals surface area contributed by atoms with Crippen molar-refractivity contribution in [3.8, 4) is 28.4 Å². The predicted molar refractivity (Wildman–Crippen MR) is 243 cm³/mol. The van der Waals surface area contributed by atoms with Crippen LogP contribution in [0.5, 0.6) is 5.75 Å². The summed E-state index contributed by atoms with van der Waals surface area (Å²) < 4.78 is 13.7. The number of anilines is 2. The maximum atomic E-state index is 13.5. The Morgan fingerprint density at radius 1 is 1.02 bits per heavy atom. The molecule has 17 nitrogen and oxygen atoms in total. The zero-order valence-electron chi connectivity index (χ0n) is 37.6. The summed E-state index contributed by atoms with van der Waals surface area (Å²) in [6.45, 7) is 10.5. The topological polar surface area (TPSA) is 215 Å². The number of amides is 2. The number of hydrogen-bond acceptors (Lipinski definition) is 13. The van der Waals surface area contributed by atoms with Crippen LogP contribution in [0.2, 0.25) is 0 Å². The number of pyridine rings is 1. The molecule has 0 aliphatic carbocycles. The fraction of sp³-hybridized carbons (Fsp3) is 0.468. The zero-order chi connectivity index (χ0) is 45.7. The number of nitrogens with zero attached hydrogens (tertiary/aromatic N) is 6. The van der Waals surface area contributed by atoms with Gasteiger partial charge in [-0.15, -0.1) is 0 Å². The number of aromatic amines is 1. The van der Waals surface area contributed by atoms with E-state index in [0.29, 0.717) is 42.2 Å². The van der Waals surface area contributed by atoms with Crippen LogP contribution in [0.1, 0.15) is 76.0 Å².